The zero-order valence-electron chi connectivity index (χ0n) is 12.4. The molecular formula is C16H17Cl2N3O. The molecule has 0 saturated carbocycles. The summed E-state index contributed by atoms with van der Waals surface area (Å²) in [6, 6.07) is 8.84. The molecule has 0 aliphatic rings. The van der Waals surface area contributed by atoms with Gasteiger partial charge in [0.25, 0.3) is 5.91 Å². The van der Waals surface area contributed by atoms with Gasteiger partial charge in [-0.05, 0) is 43.7 Å². The van der Waals surface area contributed by atoms with Gasteiger partial charge in [-0.1, -0.05) is 30.1 Å². The van der Waals surface area contributed by atoms with Crippen LogP contribution in [0.25, 0.3) is 0 Å². The summed E-state index contributed by atoms with van der Waals surface area (Å²) in [4.78, 5) is 16.2. The fourth-order valence-corrected chi connectivity index (χ4v) is 2.07. The number of hydrogen-bond acceptors (Lipinski definition) is 3. The van der Waals surface area contributed by atoms with Crippen LogP contribution in [-0.2, 0) is 0 Å². The van der Waals surface area contributed by atoms with E-state index in [0.717, 1.165) is 17.8 Å². The molecule has 0 aliphatic carbocycles. The number of carbonyl (C=O) groups is 1. The summed E-state index contributed by atoms with van der Waals surface area (Å²) >= 11 is 11.9. The minimum Gasteiger partial charge on any atom is -0.355 e. The van der Waals surface area contributed by atoms with Crippen LogP contribution in [0.15, 0.2) is 36.5 Å². The lowest BCUT2D eigenvalue weighted by atomic mass is 10.2. The van der Waals surface area contributed by atoms with E-state index in [-0.39, 0.29) is 11.9 Å². The van der Waals surface area contributed by atoms with E-state index >= 15 is 0 Å². The second kappa shape index (κ2) is 7.47. The van der Waals surface area contributed by atoms with Crippen LogP contribution >= 0.6 is 23.2 Å². The topological polar surface area (TPSA) is 54.0 Å². The van der Waals surface area contributed by atoms with Crippen LogP contribution in [0.1, 0.15) is 30.8 Å². The first-order valence-electron chi connectivity index (χ1n) is 6.98. The molecule has 1 atom stereocenters. The van der Waals surface area contributed by atoms with Gasteiger partial charge in [-0.15, -0.1) is 0 Å². The number of amides is 1. The molecule has 1 amide bonds. The van der Waals surface area contributed by atoms with Gasteiger partial charge in [0.2, 0.25) is 0 Å². The van der Waals surface area contributed by atoms with Crippen molar-refractivity contribution in [3.8, 4) is 0 Å². The largest absolute Gasteiger partial charge is 0.355 e. The molecule has 1 unspecified atom stereocenters. The van der Waals surface area contributed by atoms with Crippen LogP contribution < -0.4 is 10.6 Å². The van der Waals surface area contributed by atoms with E-state index in [1.165, 1.54) is 0 Å². The highest BCUT2D eigenvalue weighted by atomic mass is 35.5. The highest BCUT2D eigenvalue weighted by Crippen LogP contribution is 2.27. The molecular weight excluding hydrogens is 321 g/mol. The van der Waals surface area contributed by atoms with Crippen LogP contribution in [-0.4, -0.2) is 16.9 Å². The number of aromatic nitrogens is 1. The smallest absolute Gasteiger partial charge is 0.270 e. The van der Waals surface area contributed by atoms with E-state index < -0.39 is 0 Å². The number of rotatable bonds is 5. The SMILES string of the molecule is CCC(C)NC(=O)c1cc(Nc2ccc(Cl)c(Cl)c2)ccn1. The molecule has 6 heteroatoms. The number of benzene rings is 1. The summed E-state index contributed by atoms with van der Waals surface area (Å²) in [7, 11) is 0. The number of carbonyl (C=O) groups excluding carboxylic acids is 1. The molecule has 1 aromatic carbocycles. The Morgan fingerprint density at radius 3 is 2.59 bits per heavy atom. The van der Waals surface area contributed by atoms with Crippen molar-refractivity contribution in [2.45, 2.75) is 26.3 Å². The van der Waals surface area contributed by atoms with Crippen molar-refractivity contribution in [1.29, 1.82) is 0 Å². The molecule has 0 saturated heterocycles. The first-order valence-corrected chi connectivity index (χ1v) is 7.74. The third-order valence-electron chi connectivity index (χ3n) is 3.19. The Hall–Kier alpha value is -1.78. The van der Waals surface area contributed by atoms with E-state index in [9.17, 15) is 4.79 Å². The minimum atomic E-state index is -0.188. The summed E-state index contributed by atoms with van der Waals surface area (Å²) in [5.74, 6) is -0.188. The van der Waals surface area contributed by atoms with Crippen LogP contribution in [0.4, 0.5) is 11.4 Å². The third kappa shape index (κ3) is 4.36. The molecule has 1 heterocycles. The molecule has 0 spiro atoms. The fraction of sp³-hybridized carbons (Fsp3) is 0.250. The molecule has 22 heavy (non-hydrogen) atoms. The number of nitrogens with zero attached hydrogens (tertiary/aromatic N) is 1. The van der Waals surface area contributed by atoms with Gasteiger partial charge in [0.15, 0.2) is 0 Å². The second-order valence-corrected chi connectivity index (χ2v) is 5.78. The average Bonchev–Trinajstić information content (AvgIpc) is 2.51. The van der Waals surface area contributed by atoms with Crippen LogP contribution in [0.5, 0.6) is 0 Å². The first-order chi connectivity index (χ1) is 10.5. The molecule has 116 valence electrons. The summed E-state index contributed by atoms with van der Waals surface area (Å²) in [5, 5.41) is 7.02. The van der Waals surface area contributed by atoms with E-state index in [0.29, 0.717) is 15.7 Å². The number of hydrogen-bond donors (Lipinski definition) is 2. The van der Waals surface area contributed by atoms with Gasteiger partial charge in [0.1, 0.15) is 5.69 Å². The van der Waals surface area contributed by atoms with Crippen molar-refractivity contribution in [2.24, 2.45) is 0 Å². The molecule has 0 fully saturated rings. The standard InChI is InChI=1S/C16H17Cl2N3O/c1-3-10(2)20-16(22)15-9-12(6-7-19-15)21-11-4-5-13(17)14(18)8-11/h4-10H,3H2,1-2H3,(H,19,21)(H,20,22). The van der Waals surface area contributed by atoms with Crippen molar-refractivity contribution in [3.63, 3.8) is 0 Å². The maximum absolute atomic E-state index is 12.1. The van der Waals surface area contributed by atoms with E-state index in [2.05, 4.69) is 15.6 Å². The van der Waals surface area contributed by atoms with Gasteiger partial charge >= 0.3 is 0 Å². The zero-order valence-corrected chi connectivity index (χ0v) is 13.9. The van der Waals surface area contributed by atoms with E-state index in [1.54, 1.807) is 30.5 Å². The number of nitrogens with one attached hydrogen (secondary N) is 2. The maximum Gasteiger partial charge on any atom is 0.270 e. The Balaban J connectivity index is 2.14. The van der Waals surface area contributed by atoms with Gasteiger partial charge in [-0.3, -0.25) is 9.78 Å². The van der Waals surface area contributed by atoms with E-state index in [4.69, 9.17) is 23.2 Å². The molecule has 4 nitrogen and oxygen atoms in total. The molecule has 0 radical (unpaired) electrons. The summed E-state index contributed by atoms with van der Waals surface area (Å²) in [6.07, 6.45) is 2.46. The fourth-order valence-electron chi connectivity index (χ4n) is 1.77. The van der Waals surface area contributed by atoms with Crippen molar-refractivity contribution in [2.75, 3.05) is 5.32 Å². The monoisotopic (exact) mass is 337 g/mol. The number of anilines is 2. The predicted octanol–water partition coefficient (Wildman–Crippen LogP) is 4.66. The van der Waals surface area contributed by atoms with Gasteiger partial charge in [0, 0.05) is 23.6 Å². The number of pyridine rings is 1. The Labute approximate surface area is 139 Å². The summed E-state index contributed by atoms with van der Waals surface area (Å²) < 4.78 is 0. The third-order valence-corrected chi connectivity index (χ3v) is 3.93. The number of halogens is 2. The van der Waals surface area contributed by atoms with Gasteiger partial charge < -0.3 is 10.6 Å². The van der Waals surface area contributed by atoms with Crippen molar-refractivity contribution in [3.05, 3.63) is 52.3 Å². The van der Waals surface area contributed by atoms with Crippen LogP contribution in [0, 0.1) is 0 Å². The molecule has 1 aromatic heterocycles. The lowest BCUT2D eigenvalue weighted by molar-refractivity contribution is 0.0934. The van der Waals surface area contributed by atoms with Gasteiger partial charge in [-0.2, -0.15) is 0 Å². The Morgan fingerprint density at radius 2 is 1.91 bits per heavy atom. The van der Waals surface area contributed by atoms with Crippen molar-refractivity contribution < 1.29 is 4.79 Å². The minimum absolute atomic E-state index is 0.112. The van der Waals surface area contributed by atoms with Crippen molar-refractivity contribution in [1.82, 2.24) is 10.3 Å². The lowest BCUT2D eigenvalue weighted by Gasteiger charge is -2.12. The van der Waals surface area contributed by atoms with Crippen LogP contribution in [0.3, 0.4) is 0 Å². The highest BCUT2D eigenvalue weighted by Gasteiger charge is 2.10. The van der Waals surface area contributed by atoms with Gasteiger partial charge in [-0.25, -0.2) is 0 Å². The molecule has 2 N–H and O–H groups in total. The Bertz CT molecular complexity index is 676. The normalized spacial score (nSPS) is 11.8. The molecule has 2 aromatic rings. The van der Waals surface area contributed by atoms with E-state index in [1.807, 2.05) is 19.9 Å². The summed E-state index contributed by atoms with van der Waals surface area (Å²) in [5.41, 5.74) is 1.90. The molecule has 0 bridgehead atoms. The maximum atomic E-state index is 12.1. The zero-order chi connectivity index (χ0) is 16.1. The quantitative estimate of drug-likeness (QED) is 0.834. The average molecular weight is 338 g/mol. The van der Waals surface area contributed by atoms with Crippen molar-refractivity contribution >= 4 is 40.5 Å². The molecule has 2 rings (SSSR count). The second-order valence-electron chi connectivity index (χ2n) is 4.97. The predicted molar refractivity (Wildman–Crippen MR) is 91.2 cm³/mol. The summed E-state index contributed by atoms with van der Waals surface area (Å²) in [6.45, 7) is 3.97. The van der Waals surface area contributed by atoms with Crippen LogP contribution in [0.2, 0.25) is 10.0 Å². The highest BCUT2D eigenvalue weighted by molar-refractivity contribution is 6.42. The Kier molecular flexibility index (Phi) is 5.63. The molecule has 0 aliphatic heterocycles. The Morgan fingerprint density at radius 1 is 1.18 bits per heavy atom. The first kappa shape index (κ1) is 16.6. The lowest BCUT2D eigenvalue weighted by Crippen LogP contribution is -2.32. The van der Waals surface area contributed by atoms with Gasteiger partial charge in [0.05, 0.1) is 10.0 Å².